The first-order valence-electron chi connectivity index (χ1n) is 28.6. The van der Waals surface area contributed by atoms with E-state index in [0.717, 1.165) is 91.0 Å². The molecule has 0 amide bonds. The van der Waals surface area contributed by atoms with E-state index in [2.05, 4.69) is 0 Å². The number of halogens is 24. The third-order valence-corrected chi connectivity index (χ3v) is 16.7. The number of fused-ring (bicyclic) bond motifs is 6. The molecule has 0 N–H and O–H groups in total. The highest BCUT2D eigenvalue weighted by molar-refractivity contribution is 6.14. The van der Waals surface area contributed by atoms with E-state index in [1.54, 1.807) is 0 Å². The van der Waals surface area contributed by atoms with Gasteiger partial charge in [0.05, 0.1) is 113 Å². The van der Waals surface area contributed by atoms with E-state index in [0.29, 0.717) is 42.5 Å². The van der Waals surface area contributed by atoms with Gasteiger partial charge in [0.1, 0.15) is 0 Å². The molecule has 0 bridgehead atoms. The van der Waals surface area contributed by atoms with Crippen molar-refractivity contribution in [1.29, 1.82) is 15.8 Å². The van der Waals surface area contributed by atoms with Crippen LogP contribution in [0.1, 0.15) is 62.1 Å². The minimum atomic E-state index is -5.41. The van der Waals surface area contributed by atoms with Crippen LogP contribution in [-0.4, -0.2) is 21.5 Å². The van der Waals surface area contributed by atoms with E-state index in [4.69, 9.17) is 0 Å². The maximum Gasteiger partial charge on any atom is 0.416 e. The highest BCUT2D eigenvalue weighted by Gasteiger charge is 2.45. The molecule has 5 nitrogen and oxygen atoms in total. The number of nitriles is 3. The van der Waals surface area contributed by atoms with E-state index in [9.17, 15) is 121 Å². The van der Waals surface area contributed by atoms with Crippen LogP contribution in [0.3, 0.4) is 0 Å². The van der Waals surface area contributed by atoms with Crippen LogP contribution < -0.4 is 0 Å². The quantitative estimate of drug-likeness (QED) is 0.149. The fraction of sp³-hybridized carbons (Fsp3) is 0.141. The number of benzene rings is 9. The summed E-state index contributed by atoms with van der Waals surface area (Å²) in [7, 11) is 0. The van der Waals surface area contributed by atoms with Crippen molar-refractivity contribution >= 4 is 49.2 Å². The predicted molar refractivity (Wildman–Crippen MR) is 317 cm³/mol. The summed E-state index contributed by atoms with van der Waals surface area (Å²) in [5, 5.41) is 31.1. The Morgan fingerprint density at radius 1 is 0.300 bits per heavy atom. The summed E-state index contributed by atoms with van der Waals surface area (Å²) in [6.07, 6.45) is -43.8. The van der Waals surface area contributed by atoms with Gasteiger partial charge >= 0.3 is 49.4 Å². The number of aromatic nitrogens is 2. The Morgan fingerprint density at radius 2 is 0.590 bits per heavy atom. The molecule has 0 saturated carbocycles. The first-order valence-corrected chi connectivity index (χ1v) is 28.6. The largest absolute Gasteiger partial charge is 0.416 e. The van der Waals surface area contributed by atoms with Crippen LogP contribution in [-0.2, 0) is 37.1 Å². The molecule has 29 heteroatoms. The summed E-state index contributed by atoms with van der Waals surface area (Å²) in [5.41, 5.74) is -19.2. The molecule has 0 fully saturated rings. The Hall–Kier alpha value is -11.2. The Labute approximate surface area is 544 Å². The number of hydrogen-bond acceptors (Lipinski definition) is 3. The topological polar surface area (TPSA) is 81.2 Å². The van der Waals surface area contributed by atoms with Crippen LogP contribution in [0, 0.1) is 39.9 Å². The van der Waals surface area contributed by atoms with Crippen molar-refractivity contribution < 1.29 is 105 Å². The van der Waals surface area contributed by atoms with Crippen LogP contribution in [0.2, 0.25) is 0 Å². The van der Waals surface area contributed by atoms with Gasteiger partial charge in [-0.1, -0.05) is 30.3 Å². The molecule has 1 unspecified atom stereocenters. The second kappa shape index (κ2) is 23.5. The molecule has 12 rings (SSSR count). The van der Waals surface area contributed by atoms with Crippen LogP contribution in [0.5, 0.6) is 0 Å². The Balaban J connectivity index is 1.23. The molecule has 1 aliphatic rings. The van der Waals surface area contributed by atoms with Gasteiger partial charge in [0.15, 0.2) is 0 Å². The predicted octanol–water partition coefficient (Wildman–Crippen LogP) is 23.7. The molecule has 100 heavy (non-hydrogen) atoms. The number of allylic oxidation sites excluding steroid dienone is 4. The molecular weight excluding hydrogens is 1380 g/mol. The lowest BCUT2D eigenvalue weighted by molar-refractivity contribution is -0.161. The van der Waals surface area contributed by atoms with Gasteiger partial charge < -0.3 is 9.13 Å². The zero-order valence-corrected chi connectivity index (χ0v) is 49.3. The summed E-state index contributed by atoms with van der Waals surface area (Å²) >= 11 is 0. The summed E-state index contributed by atoms with van der Waals surface area (Å²) in [6.45, 7) is 0. The SMILES string of the molecule is N#Cc1cc(C#N)cc(-c2c(-n3c4ccc(C5=CC(C(F)(F)F)=CC(C(F)(F)F)C5)cc4c4cc(-c5cc(C(F)(F)F)cc(C(F)(F)F)c5)ccc43)cc(C#N)cc2-n2c3ccc(-c4cc(C(F)(F)F)cc(C(F)(F)F)c4)cc3c3cc(-c4cc(C(F)(F)F)cc(C(F)(F)F)c4)ccc32)c1. The zero-order chi connectivity index (χ0) is 72.7. The van der Waals surface area contributed by atoms with Gasteiger partial charge in [-0.25, -0.2) is 0 Å². The first kappa shape index (κ1) is 68.8. The van der Waals surface area contributed by atoms with Gasteiger partial charge in [0.2, 0.25) is 0 Å². The van der Waals surface area contributed by atoms with Gasteiger partial charge in [0.25, 0.3) is 0 Å². The number of hydrogen-bond donors (Lipinski definition) is 0. The fourth-order valence-electron chi connectivity index (χ4n) is 12.3. The van der Waals surface area contributed by atoms with Gasteiger partial charge in [-0.3, -0.25) is 0 Å². The highest BCUT2D eigenvalue weighted by atomic mass is 19.4. The summed E-state index contributed by atoms with van der Waals surface area (Å²) in [4.78, 5) is 0. The molecule has 1 aliphatic carbocycles. The molecule has 2 heterocycles. The molecule has 1 atom stereocenters. The minimum absolute atomic E-state index is 0.0351. The lowest BCUT2D eigenvalue weighted by Crippen LogP contribution is -2.26. The summed E-state index contributed by atoms with van der Waals surface area (Å²) in [6, 6.07) is 26.1. The number of rotatable bonds is 7. The van der Waals surface area contributed by atoms with Gasteiger partial charge in [-0.15, -0.1) is 0 Å². The van der Waals surface area contributed by atoms with Gasteiger partial charge in [-0.05, 0) is 196 Å². The molecule has 9 aromatic carbocycles. The van der Waals surface area contributed by atoms with E-state index >= 15 is 0 Å². The lowest BCUT2D eigenvalue weighted by atomic mass is 9.85. The zero-order valence-electron chi connectivity index (χ0n) is 49.3. The van der Waals surface area contributed by atoms with E-state index in [-0.39, 0.29) is 113 Å². The molecule has 0 aliphatic heterocycles. The minimum Gasteiger partial charge on any atom is -0.308 e. The van der Waals surface area contributed by atoms with Gasteiger partial charge in [0, 0.05) is 27.1 Å². The van der Waals surface area contributed by atoms with Crippen LogP contribution in [0.15, 0.2) is 175 Å². The molecule has 11 aromatic rings. The average Bonchev–Trinajstić information content (AvgIpc) is 1.54. The van der Waals surface area contributed by atoms with Crippen molar-refractivity contribution in [2.75, 3.05) is 0 Å². The second-order valence-electron chi connectivity index (χ2n) is 23.1. The van der Waals surface area contributed by atoms with Crippen molar-refractivity contribution in [3.8, 4) is 74.1 Å². The normalized spacial score (nSPS) is 14.6. The summed E-state index contributed by atoms with van der Waals surface area (Å²) < 4.78 is 349. The Kier molecular flexibility index (Phi) is 16.2. The van der Waals surface area contributed by atoms with Gasteiger partial charge in [-0.2, -0.15) is 121 Å². The van der Waals surface area contributed by atoms with E-state index < -0.39 is 140 Å². The average molecular weight is 1410 g/mol. The lowest BCUT2D eigenvalue weighted by Gasteiger charge is -2.25. The molecular formula is C71H31F24N5. The molecule has 0 radical (unpaired) electrons. The standard InChI is InChI=1S/C71H31F24N5/c72-64(73,74)45-14-40(15-46(26-45)65(75,76)77)36-1-5-57-53(22-36)54-23-37(41-16-47(66(78,79)80)27-48(17-41)67(81,82)83)2-6-58(54)99(57)61-12-35(32-98)13-62(63(61)44-10-33(30-96)9-34(11-44)31-97)100-59-7-3-38(42-18-49(68(84,85)86)28-50(19-42)69(87,88)89)24-55(59)56-25-39(4-8-60(56)100)43-20-51(70(90,91)92)29-52(21-43)71(93,94)95/h1-20,22-29,52H,21H2. The van der Waals surface area contributed by atoms with E-state index in [1.165, 1.54) is 21.3 Å². The Bertz CT molecular complexity index is 5180. The maximum absolute atomic E-state index is 14.5. The van der Waals surface area contributed by atoms with E-state index in [1.807, 2.05) is 18.2 Å². The smallest absolute Gasteiger partial charge is 0.308 e. The van der Waals surface area contributed by atoms with Crippen molar-refractivity contribution in [2.45, 2.75) is 55.8 Å². The third-order valence-electron chi connectivity index (χ3n) is 16.7. The number of alkyl halides is 24. The molecule has 508 valence electrons. The Morgan fingerprint density at radius 3 is 0.870 bits per heavy atom. The monoisotopic (exact) mass is 1410 g/mol. The maximum atomic E-state index is 14.5. The van der Waals surface area contributed by atoms with Crippen LogP contribution in [0.4, 0.5) is 105 Å². The van der Waals surface area contributed by atoms with Crippen molar-refractivity contribution in [3.63, 3.8) is 0 Å². The first-order chi connectivity index (χ1) is 46.4. The molecule has 0 spiro atoms. The third kappa shape index (κ3) is 12.9. The van der Waals surface area contributed by atoms with Crippen molar-refractivity contribution in [2.24, 2.45) is 5.92 Å². The molecule has 0 saturated heterocycles. The highest BCUT2D eigenvalue weighted by Crippen LogP contribution is 2.50. The summed E-state index contributed by atoms with van der Waals surface area (Å²) in [5.74, 6) is -2.74. The van der Waals surface area contributed by atoms with Crippen LogP contribution in [0.25, 0.3) is 105 Å². The van der Waals surface area contributed by atoms with Crippen molar-refractivity contribution in [3.05, 3.63) is 231 Å². The number of nitrogens with zero attached hydrogens (tertiary/aromatic N) is 5. The second-order valence-corrected chi connectivity index (χ2v) is 23.1. The van der Waals surface area contributed by atoms with Crippen LogP contribution >= 0.6 is 0 Å². The molecule has 2 aromatic heterocycles. The van der Waals surface area contributed by atoms with Crippen molar-refractivity contribution in [1.82, 2.24) is 9.13 Å². The fourth-order valence-corrected chi connectivity index (χ4v) is 12.3.